The van der Waals surface area contributed by atoms with E-state index >= 15 is 0 Å². The van der Waals surface area contributed by atoms with Gasteiger partial charge in [-0.2, -0.15) is 0 Å². The molecule has 0 radical (unpaired) electrons. The monoisotopic (exact) mass is 283 g/mol. The number of Topliss-reactive ketones (excluding diaryl/α,β-unsaturated/α-hetero) is 1. The van der Waals surface area contributed by atoms with E-state index in [0.717, 1.165) is 30.0 Å². The van der Waals surface area contributed by atoms with Gasteiger partial charge < -0.3 is 4.42 Å². The number of hydrogen-bond donors (Lipinski definition) is 0. The fourth-order valence-electron chi connectivity index (χ4n) is 2.70. The quantitative estimate of drug-likeness (QED) is 0.724. The minimum Gasteiger partial charge on any atom is -0.468 e. The van der Waals surface area contributed by atoms with Crippen molar-refractivity contribution in [1.82, 2.24) is 4.90 Å². The topological polar surface area (TPSA) is 33.5 Å². The van der Waals surface area contributed by atoms with Crippen molar-refractivity contribution in [1.29, 1.82) is 0 Å². The molecule has 1 aromatic carbocycles. The van der Waals surface area contributed by atoms with Gasteiger partial charge in [0.1, 0.15) is 5.76 Å². The summed E-state index contributed by atoms with van der Waals surface area (Å²) in [4.78, 5) is 14.7. The van der Waals surface area contributed by atoms with Crippen LogP contribution in [0.5, 0.6) is 0 Å². The first kappa shape index (κ1) is 14.1. The molecule has 1 fully saturated rings. The maximum atomic E-state index is 12.4. The van der Waals surface area contributed by atoms with Gasteiger partial charge in [-0.15, -0.1) is 0 Å². The summed E-state index contributed by atoms with van der Waals surface area (Å²) in [6, 6.07) is 12.4. The largest absolute Gasteiger partial charge is 0.468 e. The number of carbonyl (C=O) groups excluding carboxylic acids is 1. The molecule has 1 aliphatic rings. The number of benzene rings is 1. The number of carbonyl (C=O) groups is 1. The van der Waals surface area contributed by atoms with Crippen molar-refractivity contribution in [2.24, 2.45) is 0 Å². The molecule has 0 N–H and O–H groups in total. The maximum Gasteiger partial charge on any atom is 0.164 e. The summed E-state index contributed by atoms with van der Waals surface area (Å²) in [6.07, 6.45) is 4.75. The van der Waals surface area contributed by atoms with Crippen molar-refractivity contribution in [3.8, 4) is 0 Å². The minimum absolute atomic E-state index is 0.234. The molecule has 1 saturated carbocycles. The lowest BCUT2D eigenvalue weighted by molar-refractivity contribution is 0.0957. The highest BCUT2D eigenvalue weighted by Gasteiger charge is 2.29. The number of aryl methyl sites for hydroxylation is 1. The summed E-state index contributed by atoms with van der Waals surface area (Å²) in [6.45, 7) is 3.60. The smallest absolute Gasteiger partial charge is 0.164 e. The zero-order chi connectivity index (χ0) is 14.7. The Balaban J connectivity index is 1.59. The Morgan fingerprint density at radius 1 is 1.24 bits per heavy atom. The first-order valence-electron chi connectivity index (χ1n) is 7.59. The molecule has 0 aliphatic heterocycles. The predicted octanol–water partition coefficient (Wildman–Crippen LogP) is 3.83. The van der Waals surface area contributed by atoms with Crippen LogP contribution in [0.2, 0.25) is 0 Å². The van der Waals surface area contributed by atoms with Crippen LogP contribution in [0, 0.1) is 6.92 Å². The molecule has 0 atom stereocenters. The third-order valence-corrected chi connectivity index (χ3v) is 4.07. The van der Waals surface area contributed by atoms with Gasteiger partial charge in [0.15, 0.2) is 5.78 Å². The molecule has 0 amide bonds. The van der Waals surface area contributed by atoms with E-state index < -0.39 is 0 Å². The zero-order valence-electron chi connectivity index (χ0n) is 12.4. The van der Waals surface area contributed by atoms with E-state index in [2.05, 4.69) is 4.90 Å². The summed E-state index contributed by atoms with van der Waals surface area (Å²) in [5, 5.41) is 0. The fraction of sp³-hybridized carbons (Fsp3) is 0.389. The highest BCUT2D eigenvalue weighted by atomic mass is 16.3. The second-order valence-electron chi connectivity index (χ2n) is 5.77. The Morgan fingerprint density at radius 2 is 2.05 bits per heavy atom. The summed E-state index contributed by atoms with van der Waals surface area (Å²) in [5.74, 6) is 1.21. The molecular weight excluding hydrogens is 262 g/mol. The molecule has 1 heterocycles. The lowest BCUT2D eigenvalue weighted by Crippen LogP contribution is -2.28. The van der Waals surface area contributed by atoms with Crippen LogP contribution in [-0.2, 0) is 6.54 Å². The minimum atomic E-state index is 0.234. The van der Waals surface area contributed by atoms with Gasteiger partial charge in [0.05, 0.1) is 12.8 Å². The zero-order valence-corrected chi connectivity index (χ0v) is 12.4. The Bertz CT molecular complexity index is 599. The second-order valence-corrected chi connectivity index (χ2v) is 5.77. The molecular formula is C18H21NO2. The summed E-state index contributed by atoms with van der Waals surface area (Å²) < 4.78 is 5.43. The maximum absolute atomic E-state index is 12.4. The van der Waals surface area contributed by atoms with Gasteiger partial charge in [0, 0.05) is 24.6 Å². The van der Waals surface area contributed by atoms with Gasteiger partial charge in [-0.05, 0) is 37.5 Å². The van der Waals surface area contributed by atoms with Crippen molar-refractivity contribution >= 4 is 5.78 Å². The van der Waals surface area contributed by atoms with Crippen LogP contribution < -0.4 is 0 Å². The molecule has 1 aliphatic carbocycles. The highest BCUT2D eigenvalue weighted by molar-refractivity contribution is 5.97. The van der Waals surface area contributed by atoms with E-state index in [1.807, 2.05) is 43.3 Å². The number of hydrogen-bond acceptors (Lipinski definition) is 3. The number of furan rings is 1. The third-order valence-electron chi connectivity index (χ3n) is 4.07. The van der Waals surface area contributed by atoms with Crippen LogP contribution in [0.1, 0.15) is 40.9 Å². The van der Waals surface area contributed by atoms with Crippen molar-refractivity contribution in [3.05, 3.63) is 59.5 Å². The van der Waals surface area contributed by atoms with Crippen LogP contribution in [0.15, 0.2) is 47.1 Å². The third kappa shape index (κ3) is 3.61. The highest BCUT2D eigenvalue weighted by Crippen LogP contribution is 2.28. The first-order valence-corrected chi connectivity index (χ1v) is 7.59. The molecule has 0 unspecified atom stereocenters. The van der Waals surface area contributed by atoms with E-state index in [0.29, 0.717) is 12.5 Å². The van der Waals surface area contributed by atoms with Gasteiger partial charge >= 0.3 is 0 Å². The average Bonchev–Trinajstić information content (AvgIpc) is 3.21. The number of ketones is 1. The van der Waals surface area contributed by atoms with Crippen LogP contribution in [0.25, 0.3) is 0 Å². The van der Waals surface area contributed by atoms with E-state index in [1.165, 1.54) is 12.8 Å². The van der Waals surface area contributed by atoms with Gasteiger partial charge in [-0.1, -0.05) is 24.3 Å². The van der Waals surface area contributed by atoms with Gasteiger partial charge in [-0.3, -0.25) is 9.69 Å². The summed E-state index contributed by atoms with van der Waals surface area (Å²) in [7, 11) is 0. The molecule has 21 heavy (non-hydrogen) atoms. The molecule has 3 rings (SSSR count). The van der Waals surface area contributed by atoms with Crippen LogP contribution in [0.3, 0.4) is 0 Å². The van der Waals surface area contributed by atoms with Gasteiger partial charge in [0.25, 0.3) is 0 Å². The Kier molecular flexibility index (Phi) is 4.20. The lowest BCUT2D eigenvalue weighted by atomic mass is 10.0. The first-order chi connectivity index (χ1) is 10.2. The van der Waals surface area contributed by atoms with Gasteiger partial charge in [-0.25, -0.2) is 0 Å². The second kappa shape index (κ2) is 6.27. The molecule has 0 bridgehead atoms. The molecule has 110 valence electrons. The Morgan fingerprint density at radius 3 is 2.71 bits per heavy atom. The van der Waals surface area contributed by atoms with Crippen LogP contribution in [0.4, 0.5) is 0 Å². The van der Waals surface area contributed by atoms with E-state index in [1.54, 1.807) is 6.26 Å². The Hall–Kier alpha value is -1.87. The number of rotatable bonds is 7. The van der Waals surface area contributed by atoms with Crippen molar-refractivity contribution < 1.29 is 9.21 Å². The molecule has 3 nitrogen and oxygen atoms in total. The molecule has 0 saturated heterocycles. The number of nitrogens with zero attached hydrogens (tertiary/aromatic N) is 1. The molecule has 3 heteroatoms. The van der Waals surface area contributed by atoms with Gasteiger partial charge in [0.2, 0.25) is 0 Å². The normalized spacial score (nSPS) is 14.6. The van der Waals surface area contributed by atoms with E-state index in [9.17, 15) is 4.79 Å². The SMILES string of the molecule is Cc1ccccc1C(=O)CCN(Cc1ccco1)C1CC1. The lowest BCUT2D eigenvalue weighted by Gasteiger charge is -2.20. The average molecular weight is 283 g/mol. The van der Waals surface area contributed by atoms with Crippen molar-refractivity contribution in [3.63, 3.8) is 0 Å². The molecule has 1 aromatic heterocycles. The van der Waals surface area contributed by atoms with Crippen LogP contribution >= 0.6 is 0 Å². The molecule has 0 spiro atoms. The standard InChI is InChI=1S/C18H21NO2/c1-14-5-2-3-7-17(14)18(20)10-11-19(15-8-9-15)13-16-6-4-12-21-16/h2-7,12,15H,8-11,13H2,1H3. The predicted molar refractivity (Wildman–Crippen MR) is 82.3 cm³/mol. The Labute approximate surface area is 125 Å². The summed E-state index contributed by atoms with van der Waals surface area (Å²) in [5.41, 5.74) is 1.91. The summed E-state index contributed by atoms with van der Waals surface area (Å²) >= 11 is 0. The van der Waals surface area contributed by atoms with E-state index in [4.69, 9.17) is 4.42 Å². The fourth-order valence-corrected chi connectivity index (χ4v) is 2.70. The van der Waals surface area contributed by atoms with E-state index in [-0.39, 0.29) is 5.78 Å². The van der Waals surface area contributed by atoms with Crippen molar-refractivity contribution in [2.75, 3.05) is 6.54 Å². The molecule has 2 aromatic rings. The van der Waals surface area contributed by atoms with Crippen LogP contribution in [-0.4, -0.2) is 23.3 Å². The van der Waals surface area contributed by atoms with Crippen molar-refractivity contribution in [2.45, 2.75) is 38.8 Å².